The summed E-state index contributed by atoms with van der Waals surface area (Å²) < 4.78 is 5.52. The van der Waals surface area contributed by atoms with E-state index in [-0.39, 0.29) is 11.5 Å². The van der Waals surface area contributed by atoms with E-state index in [0.717, 1.165) is 19.3 Å². The van der Waals surface area contributed by atoms with Crippen molar-refractivity contribution in [3.05, 3.63) is 35.9 Å². The number of hydrogen-bond donors (Lipinski definition) is 1. The quantitative estimate of drug-likeness (QED) is 0.860. The molecule has 0 heterocycles. The van der Waals surface area contributed by atoms with Crippen LogP contribution in [0, 0.1) is 11.3 Å². The lowest BCUT2D eigenvalue weighted by Gasteiger charge is -2.38. The number of aliphatic hydroxyl groups excluding tert-OH is 1. The molecule has 1 aliphatic rings. The average Bonchev–Trinajstić information content (AvgIpc) is 2.36. The largest absolute Gasteiger partial charge is 0.460 e. The highest BCUT2D eigenvalue weighted by atomic mass is 16.6. The molecule has 1 saturated carbocycles. The van der Waals surface area contributed by atoms with E-state index in [1.165, 1.54) is 0 Å². The molecule has 110 valence electrons. The summed E-state index contributed by atoms with van der Waals surface area (Å²) in [5, 5.41) is 10.0. The van der Waals surface area contributed by atoms with Gasteiger partial charge >= 0.3 is 5.97 Å². The Labute approximate surface area is 121 Å². The molecule has 1 aliphatic carbocycles. The first-order valence-electron chi connectivity index (χ1n) is 7.31. The lowest BCUT2D eigenvalue weighted by Crippen LogP contribution is -2.35. The molecule has 20 heavy (non-hydrogen) atoms. The molecular weight excluding hydrogens is 252 g/mol. The molecule has 0 saturated heterocycles. The van der Waals surface area contributed by atoms with E-state index in [9.17, 15) is 9.90 Å². The van der Waals surface area contributed by atoms with Crippen LogP contribution in [-0.4, -0.2) is 17.2 Å². The Balaban J connectivity index is 1.97. The van der Waals surface area contributed by atoms with Crippen LogP contribution in [0.4, 0.5) is 0 Å². The third kappa shape index (κ3) is 3.83. The van der Waals surface area contributed by atoms with Crippen molar-refractivity contribution >= 4 is 5.97 Å². The highest BCUT2D eigenvalue weighted by Crippen LogP contribution is 2.40. The SMILES string of the molecule is C[C@H]1C[C@@H](OC(=O)[C@@H](O)c2ccccc2)CC(C)(C)C1. The Kier molecular flexibility index (Phi) is 4.48. The van der Waals surface area contributed by atoms with Crippen molar-refractivity contribution < 1.29 is 14.6 Å². The van der Waals surface area contributed by atoms with E-state index >= 15 is 0 Å². The summed E-state index contributed by atoms with van der Waals surface area (Å²) in [6, 6.07) is 8.93. The van der Waals surface area contributed by atoms with E-state index in [4.69, 9.17) is 4.74 Å². The molecule has 0 spiro atoms. The number of benzene rings is 1. The minimum absolute atomic E-state index is 0.0837. The van der Waals surface area contributed by atoms with Crippen molar-refractivity contribution in [2.75, 3.05) is 0 Å². The molecule has 0 radical (unpaired) electrons. The van der Waals surface area contributed by atoms with Crippen LogP contribution in [0.3, 0.4) is 0 Å². The highest BCUT2D eigenvalue weighted by molar-refractivity contribution is 5.76. The summed E-state index contributed by atoms with van der Waals surface area (Å²) in [7, 11) is 0. The molecule has 1 aromatic carbocycles. The molecule has 0 bridgehead atoms. The van der Waals surface area contributed by atoms with Gasteiger partial charge in [0.15, 0.2) is 6.10 Å². The smallest absolute Gasteiger partial charge is 0.339 e. The number of aliphatic hydroxyl groups is 1. The van der Waals surface area contributed by atoms with Gasteiger partial charge in [-0.25, -0.2) is 4.79 Å². The summed E-state index contributed by atoms with van der Waals surface area (Å²) in [4.78, 5) is 12.1. The minimum Gasteiger partial charge on any atom is -0.460 e. The van der Waals surface area contributed by atoms with Crippen molar-refractivity contribution in [2.24, 2.45) is 11.3 Å². The van der Waals surface area contributed by atoms with E-state index < -0.39 is 12.1 Å². The van der Waals surface area contributed by atoms with Crippen LogP contribution in [0.2, 0.25) is 0 Å². The van der Waals surface area contributed by atoms with Gasteiger partial charge in [0.2, 0.25) is 0 Å². The molecule has 0 unspecified atom stereocenters. The summed E-state index contributed by atoms with van der Waals surface area (Å²) in [5.74, 6) is 0.0107. The van der Waals surface area contributed by atoms with Gasteiger partial charge in [0, 0.05) is 0 Å². The molecule has 3 heteroatoms. The van der Waals surface area contributed by atoms with Crippen LogP contribution in [-0.2, 0) is 9.53 Å². The predicted octanol–water partition coefficient (Wildman–Crippen LogP) is 3.48. The van der Waals surface area contributed by atoms with Crippen molar-refractivity contribution in [3.63, 3.8) is 0 Å². The van der Waals surface area contributed by atoms with E-state index in [1.807, 2.05) is 6.07 Å². The molecule has 0 aromatic heterocycles. The number of rotatable bonds is 3. The van der Waals surface area contributed by atoms with E-state index in [2.05, 4.69) is 20.8 Å². The van der Waals surface area contributed by atoms with E-state index in [0.29, 0.717) is 11.5 Å². The van der Waals surface area contributed by atoms with Gasteiger partial charge in [-0.05, 0) is 36.2 Å². The molecular formula is C17H24O3. The van der Waals surface area contributed by atoms with Crippen LogP contribution >= 0.6 is 0 Å². The summed E-state index contributed by atoms with van der Waals surface area (Å²) in [6.45, 7) is 6.60. The zero-order chi connectivity index (χ0) is 14.8. The third-order valence-corrected chi connectivity index (χ3v) is 3.97. The third-order valence-electron chi connectivity index (χ3n) is 3.97. The number of carbonyl (C=O) groups is 1. The summed E-state index contributed by atoms with van der Waals surface area (Å²) >= 11 is 0. The lowest BCUT2D eigenvalue weighted by atomic mass is 9.71. The first-order valence-corrected chi connectivity index (χ1v) is 7.31. The Bertz CT molecular complexity index is 453. The second kappa shape index (κ2) is 5.96. The molecule has 1 fully saturated rings. The van der Waals surface area contributed by atoms with Crippen LogP contribution < -0.4 is 0 Å². The Hall–Kier alpha value is -1.35. The average molecular weight is 276 g/mol. The standard InChI is InChI=1S/C17H24O3/c1-12-9-14(11-17(2,3)10-12)20-16(19)15(18)13-7-5-4-6-8-13/h4-8,12,14-15,18H,9-11H2,1-3H3/t12-,14+,15-/m0/s1. The van der Waals surface area contributed by atoms with Gasteiger partial charge in [-0.3, -0.25) is 0 Å². The fourth-order valence-corrected chi connectivity index (χ4v) is 3.35. The lowest BCUT2D eigenvalue weighted by molar-refractivity contribution is -0.163. The van der Waals surface area contributed by atoms with Gasteiger partial charge in [0.05, 0.1) is 0 Å². The van der Waals surface area contributed by atoms with Crippen molar-refractivity contribution in [1.82, 2.24) is 0 Å². The molecule has 2 rings (SSSR count). The van der Waals surface area contributed by atoms with Crippen LogP contribution in [0.15, 0.2) is 30.3 Å². The molecule has 0 amide bonds. The van der Waals surface area contributed by atoms with Gasteiger partial charge in [-0.1, -0.05) is 51.1 Å². The van der Waals surface area contributed by atoms with Crippen molar-refractivity contribution in [2.45, 2.75) is 52.2 Å². The zero-order valence-corrected chi connectivity index (χ0v) is 12.5. The van der Waals surface area contributed by atoms with Crippen LogP contribution in [0.5, 0.6) is 0 Å². The number of hydrogen-bond acceptors (Lipinski definition) is 3. The first kappa shape index (κ1) is 15.0. The molecule has 1 N–H and O–H groups in total. The fraction of sp³-hybridized carbons (Fsp3) is 0.588. The monoisotopic (exact) mass is 276 g/mol. The second-order valence-electron chi connectivity index (χ2n) is 6.79. The fourth-order valence-electron chi connectivity index (χ4n) is 3.35. The van der Waals surface area contributed by atoms with Gasteiger partial charge in [0.1, 0.15) is 6.10 Å². The van der Waals surface area contributed by atoms with E-state index in [1.54, 1.807) is 24.3 Å². The maximum Gasteiger partial charge on any atom is 0.339 e. The van der Waals surface area contributed by atoms with Gasteiger partial charge < -0.3 is 9.84 Å². The van der Waals surface area contributed by atoms with Gasteiger partial charge in [0.25, 0.3) is 0 Å². The molecule has 0 aliphatic heterocycles. The zero-order valence-electron chi connectivity index (χ0n) is 12.5. The minimum atomic E-state index is -1.18. The molecule has 3 nitrogen and oxygen atoms in total. The maximum atomic E-state index is 12.1. The van der Waals surface area contributed by atoms with Crippen LogP contribution in [0.25, 0.3) is 0 Å². The predicted molar refractivity (Wildman–Crippen MR) is 78.1 cm³/mol. The molecule has 1 aromatic rings. The summed E-state index contributed by atoms with van der Waals surface area (Å²) in [6.07, 6.45) is 1.64. The van der Waals surface area contributed by atoms with Gasteiger partial charge in [-0.2, -0.15) is 0 Å². The second-order valence-corrected chi connectivity index (χ2v) is 6.79. The number of ether oxygens (including phenoxy) is 1. The highest BCUT2D eigenvalue weighted by Gasteiger charge is 2.35. The normalized spacial score (nSPS) is 26.8. The Morgan fingerprint density at radius 3 is 2.55 bits per heavy atom. The Morgan fingerprint density at radius 2 is 1.95 bits per heavy atom. The maximum absolute atomic E-state index is 12.1. The first-order chi connectivity index (χ1) is 9.37. The number of carbonyl (C=O) groups excluding carboxylic acids is 1. The molecule has 3 atom stereocenters. The van der Waals surface area contributed by atoms with Crippen molar-refractivity contribution in [3.8, 4) is 0 Å². The Morgan fingerprint density at radius 1 is 1.30 bits per heavy atom. The number of esters is 1. The summed E-state index contributed by atoms with van der Waals surface area (Å²) in [5.41, 5.74) is 0.779. The topological polar surface area (TPSA) is 46.5 Å². The van der Waals surface area contributed by atoms with Crippen molar-refractivity contribution in [1.29, 1.82) is 0 Å². The van der Waals surface area contributed by atoms with Crippen LogP contribution in [0.1, 0.15) is 51.7 Å². The van der Waals surface area contributed by atoms with Gasteiger partial charge in [-0.15, -0.1) is 0 Å².